The SMILES string of the molecule is COc1ccc(Cl)cc1S(=O)(=O)C1CCN(c2nc(-c3ccc(Cl)cc3Cl)cs2)CC1. The predicted molar refractivity (Wildman–Crippen MR) is 128 cm³/mol. The van der Waals surface area contributed by atoms with Crippen LogP contribution in [0, 0.1) is 0 Å². The Morgan fingerprint density at radius 2 is 1.74 bits per heavy atom. The molecule has 1 aliphatic rings. The molecule has 31 heavy (non-hydrogen) atoms. The molecule has 0 unspecified atom stereocenters. The smallest absolute Gasteiger partial charge is 0.185 e. The summed E-state index contributed by atoms with van der Waals surface area (Å²) >= 11 is 19.8. The Hall–Kier alpha value is -1.51. The molecule has 3 aromatic rings. The van der Waals surface area contributed by atoms with Gasteiger partial charge < -0.3 is 9.64 Å². The molecule has 0 aliphatic carbocycles. The molecule has 4 rings (SSSR count). The summed E-state index contributed by atoms with van der Waals surface area (Å²) < 4.78 is 31.7. The van der Waals surface area contributed by atoms with Crippen molar-refractivity contribution in [3.8, 4) is 17.0 Å². The van der Waals surface area contributed by atoms with Crippen molar-refractivity contribution in [1.82, 2.24) is 4.98 Å². The highest BCUT2D eigenvalue weighted by Crippen LogP contribution is 2.36. The number of piperidine rings is 1. The summed E-state index contributed by atoms with van der Waals surface area (Å²) in [4.78, 5) is 6.97. The zero-order chi connectivity index (χ0) is 22.2. The minimum absolute atomic E-state index is 0.148. The fourth-order valence-electron chi connectivity index (χ4n) is 3.64. The number of sulfone groups is 1. The molecule has 1 saturated heterocycles. The molecule has 0 saturated carbocycles. The maximum Gasteiger partial charge on any atom is 0.185 e. The third-order valence-electron chi connectivity index (χ3n) is 5.28. The Morgan fingerprint density at radius 1 is 1.06 bits per heavy atom. The van der Waals surface area contributed by atoms with Crippen LogP contribution in [0.4, 0.5) is 5.13 Å². The molecular formula is C21H19Cl3N2O3S2. The fourth-order valence-corrected chi connectivity index (χ4v) is 7.18. The Labute approximate surface area is 200 Å². The maximum absolute atomic E-state index is 13.2. The number of aromatic nitrogens is 1. The molecule has 1 aromatic heterocycles. The Balaban J connectivity index is 1.49. The summed E-state index contributed by atoms with van der Waals surface area (Å²) in [7, 11) is -2.11. The van der Waals surface area contributed by atoms with E-state index < -0.39 is 15.1 Å². The van der Waals surface area contributed by atoms with E-state index in [-0.39, 0.29) is 4.90 Å². The molecule has 2 aromatic carbocycles. The molecule has 1 aliphatic heterocycles. The molecular weight excluding hydrogens is 499 g/mol. The van der Waals surface area contributed by atoms with Crippen LogP contribution < -0.4 is 9.64 Å². The van der Waals surface area contributed by atoms with Gasteiger partial charge >= 0.3 is 0 Å². The van der Waals surface area contributed by atoms with Gasteiger partial charge in [0.15, 0.2) is 15.0 Å². The van der Waals surface area contributed by atoms with E-state index in [1.807, 2.05) is 11.4 Å². The van der Waals surface area contributed by atoms with Crippen LogP contribution in [0.25, 0.3) is 11.3 Å². The minimum Gasteiger partial charge on any atom is -0.495 e. The van der Waals surface area contributed by atoms with Crippen molar-refractivity contribution in [3.05, 3.63) is 56.8 Å². The first-order valence-electron chi connectivity index (χ1n) is 9.53. The van der Waals surface area contributed by atoms with E-state index in [0.717, 1.165) is 16.4 Å². The molecule has 1 fully saturated rings. The normalized spacial score (nSPS) is 15.3. The number of methoxy groups -OCH3 is 1. The van der Waals surface area contributed by atoms with Crippen LogP contribution in [0.3, 0.4) is 0 Å². The molecule has 0 radical (unpaired) electrons. The van der Waals surface area contributed by atoms with Crippen molar-refractivity contribution >= 4 is 61.1 Å². The topological polar surface area (TPSA) is 59.5 Å². The van der Waals surface area contributed by atoms with E-state index in [2.05, 4.69) is 4.90 Å². The van der Waals surface area contributed by atoms with Crippen molar-refractivity contribution in [2.45, 2.75) is 23.0 Å². The van der Waals surface area contributed by atoms with Crippen LogP contribution in [-0.4, -0.2) is 38.9 Å². The highest BCUT2D eigenvalue weighted by atomic mass is 35.5. The van der Waals surface area contributed by atoms with Gasteiger partial charge in [0, 0.05) is 34.1 Å². The third kappa shape index (κ3) is 4.66. The first kappa shape index (κ1) is 22.7. The lowest BCUT2D eigenvalue weighted by molar-refractivity contribution is 0.402. The predicted octanol–water partition coefficient (Wildman–Crippen LogP) is 6.22. The lowest BCUT2D eigenvalue weighted by atomic mass is 10.1. The number of hydrogen-bond donors (Lipinski definition) is 0. The van der Waals surface area contributed by atoms with Gasteiger partial charge in [0.05, 0.1) is 23.1 Å². The number of benzene rings is 2. The van der Waals surface area contributed by atoms with Gasteiger partial charge in [-0.1, -0.05) is 34.8 Å². The van der Waals surface area contributed by atoms with Crippen LogP contribution in [0.15, 0.2) is 46.7 Å². The van der Waals surface area contributed by atoms with Crippen molar-refractivity contribution in [3.63, 3.8) is 0 Å². The summed E-state index contributed by atoms with van der Waals surface area (Å²) in [5.74, 6) is 0.316. The average molecular weight is 518 g/mol. The number of rotatable bonds is 5. The molecule has 0 atom stereocenters. The van der Waals surface area contributed by atoms with Gasteiger partial charge in [-0.25, -0.2) is 13.4 Å². The zero-order valence-electron chi connectivity index (χ0n) is 16.5. The first-order valence-corrected chi connectivity index (χ1v) is 13.1. The number of halogens is 3. The van der Waals surface area contributed by atoms with E-state index >= 15 is 0 Å². The van der Waals surface area contributed by atoms with Crippen LogP contribution in [-0.2, 0) is 9.84 Å². The van der Waals surface area contributed by atoms with Crippen LogP contribution in [0.2, 0.25) is 15.1 Å². The molecule has 0 spiro atoms. The number of anilines is 1. The summed E-state index contributed by atoms with van der Waals surface area (Å²) in [6.07, 6.45) is 0.989. The van der Waals surface area contributed by atoms with Gasteiger partial charge in [0.1, 0.15) is 10.6 Å². The maximum atomic E-state index is 13.2. The zero-order valence-corrected chi connectivity index (χ0v) is 20.4. The van der Waals surface area contributed by atoms with Gasteiger partial charge in [0.2, 0.25) is 0 Å². The van der Waals surface area contributed by atoms with E-state index in [1.54, 1.807) is 24.3 Å². The van der Waals surface area contributed by atoms with Crippen LogP contribution in [0.1, 0.15) is 12.8 Å². The molecule has 0 N–H and O–H groups in total. The summed E-state index contributed by atoms with van der Waals surface area (Å²) in [5, 5.41) is 3.78. The van der Waals surface area contributed by atoms with E-state index in [0.29, 0.717) is 46.7 Å². The van der Waals surface area contributed by atoms with Gasteiger partial charge in [-0.05, 0) is 49.2 Å². The van der Waals surface area contributed by atoms with Gasteiger partial charge in [0.25, 0.3) is 0 Å². The first-order chi connectivity index (χ1) is 14.8. The molecule has 2 heterocycles. The fraction of sp³-hybridized carbons (Fsp3) is 0.286. The van der Waals surface area contributed by atoms with E-state index in [1.165, 1.54) is 24.5 Å². The third-order valence-corrected chi connectivity index (χ3v) is 9.25. The summed E-state index contributed by atoms with van der Waals surface area (Å²) in [6, 6.07) is 9.99. The second kappa shape index (κ2) is 9.16. The number of thiazole rings is 1. The number of hydrogen-bond acceptors (Lipinski definition) is 6. The number of ether oxygens (including phenoxy) is 1. The number of nitrogens with zero attached hydrogens (tertiary/aromatic N) is 2. The van der Waals surface area contributed by atoms with Gasteiger partial charge in [-0.2, -0.15) is 0 Å². The monoisotopic (exact) mass is 516 g/mol. The van der Waals surface area contributed by atoms with Crippen molar-refractivity contribution in [2.24, 2.45) is 0 Å². The lowest BCUT2D eigenvalue weighted by Crippen LogP contribution is -2.39. The molecule has 5 nitrogen and oxygen atoms in total. The van der Waals surface area contributed by atoms with Gasteiger partial charge in [-0.15, -0.1) is 11.3 Å². The van der Waals surface area contributed by atoms with Crippen molar-refractivity contribution < 1.29 is 13.2 Å². The molecule has 164 valence electrons. The van der Waals surface area contributed by atoms with Crippen molar-refractivity contribution in [1.29, 1.82) is 0 Å². The second-order valence-corrected chi connectivity index (χ2v) is 11.5. The lowest BCUT2D eigenvalue weighted by Gasteiger charge is -2.31. The Morgan fingerprint density at radius 3 is 2.42 bits per heavy atom. The van der Waals surface area contributed by atoms with Crippen molar-refractivity contribution in [2.75, 3.05) is 25.1 Å². The van der Waals surface area contributed by atoms with Crippen LogP contribution >= 0.6 is 46.1 Å². The van der Waals surface area contributed by atoms with Gasteiger partial charge in [-0.3, -0.25) is 0 Å². The molecule has 10 heteroatoms. The summed E-state index contributed by atoms with van der Waals surface area (Å²) in [5.41, 5.74) is 1.60. The van der Waals surface area contributed by atoms with E-state index in [4.69, 9.17) is 44.5 Å². The molecule has 0 amide bonds. The minimum atomic E-state index is -3.56. The molecule has 0 bridgehead atoms. The second-order valence-electron chi connectivity index (χ2n) is 7.17. The largest absolute Gasteiger partial charge is 0.495 e. The Kier molecular flexibility index (Phi) is 6.70. The highest BCUT2D eigenvalue weighted by Gasteiger charge is 2.34. The van der Waals surface area contributed by atoms with Crippen LogP contribution in [0.5, 0.6) is 5.75 Å². The summed E-state index contributed by atoms with van der Waals surface area (Å²) in [6.45, 7) is 1.18. The standard InChI is InChI=1S/C21H19Cl3N2O3S2/c1-29-19-5-3-14(23)11-20(19)31(27,28)15-6-8-26(9-7-15)21-25-18(12-30-21)16-4-2-13(22)10-17(16)24/h2-5,10-12,15H,6-9H2,1H3. The Bertz CT molecular complexity index is 1210. The van der Waals surface area contributed by atoms with E-state index in [9.17, 15) is 8.42 Å². The highest BCUT2D eigenvalue weighted by molar-refractivity contribution is 7.92. The quantitative estimate of drug-likeness (QED) is 0.402. The average Bonchev–Trinajstić information content (AvgIpc) is 3.23.